The largest absolute Gasteiger partial charge is 0.336 e. The van der Waals surface area contributed by atoms with E-state index in [1.807, 2.05) is 4.90 Å². The van der Waals surface area contributed by atoms with Gasteiger partial charge in [0, 0.05) is 44.1 Å². The van der Waals surface area contributed by atoms with Gasteiger partial charge < -0.3 is 15.1 Å². The second-order valence-electron chi connectivity index (χ2n) is 7.52. The van der Waals surface area contributed by atoms with E-state index in [4.69, 9.17) is 0 Å². The van der Waals surface area contributed by atoms with Gasteiger partial charge in [0.25, 0.3) is 5.91 Å². The van der Waals surface area contributed by atoms with Gasteiger partial charge in [0.05, 0.1) is 5.56 Å². The molecule has 3 fully saturated rings. The first-order chi connectivity index (χ1) is 12.2. The van der Waals surface area contributed by atoms with Gasteiger partial charge in [-0.15, -0.1) is 0 Å². The van der Waals surface area contributed by atoms with Gasteiger partial charge in [0.15, 0.2) is 0 Å². The molecule has 0 spiro atoms. The molecule has 0 radical (unpaired) electrons. The number of carbonyl (C=O) groups excluding carboxylic acids is 2. The van der Waals surface area contributed by atoms with E-state index in [0.717, 1.165) is 25.8 Å². The van der Waals surface area contributed by atoms with Gasteiger partial charge in [-0.25, -0.2) is 4.79 Å². The molecule has 1 aliphatic carbocycles. The lowest BCUT2D eigenvalue weighted by Gasteiger charge is -2.37. The van der Waals surface area contributed by atoms with Crippen molar-refractivity contribution in [1.29, 1.82) is 0 Å². The first-order valence-electron chi connectivity index (χ1n) is 9.49. The maximum absolute atomic E-state index is 12.7. The molecular formula is C19H26N4O2. The van der Waals surface area contributed by atoms with Crippen molar-refractivity contribution in [2.24, 2.45) is 5.92 Å². The molecule has 2 atom stereocenters. The molecule has 3 heterocycles. The number of pyridine rings is 1. The van der Waals surface area contributed by atoms with Crippen LogP contribution in [0.15, 0.2) is 24.5 Å². The van der Waals surface area contributed by atoms with Crippen LogP contribution in [0.1, 0.15) is 48.9 Å². The predicted octanol–water partition coefficient (Wildman–Crippen LogP) is 2.27. The van der Waals surface area contributed by atoms with Gasteiger partial charge in [-0.3, -0.25) is 9.78 Å². The third-order valence-electron chi connectivity index (χ3n) is 5.97. The lowest BCUT2D eigenvalue weighted by atomic mass is 9.79. The first-order valence-corrected chi connectivity index (χ1v) is 9.49. The van der Waals surface area contributed by atoms with Gasteiger partial charge in [0.1, 0.15) is 0 Å². The van der Waals surface area contributed by atoms with Crippen molar-refractivity contribution in [2.45, 2.75) is 50.6 Å². The molecule has 6 nitrogen and oxygen atoms in total. The van der Waals surface area contributed by atoms with Crippen LogP contribution in [-0.2, 0) is 0 Å². The van der Waals surface area contributed by atoms with Crippen LogP contribution in [0.3, 0.4) is 0 Å². The van der Waals surface area contributed by atoms with Crippen LogP contribution in [-0.4, -0.2) is 58.4 Å². The molecule has 0 bridgehead atoms. The molecule has 25 heavy (non-hydrogen) atoms. The summed E-state index contributed by atoms with van der Waals surface area (Å²) in [5.41, 5.74) is 0.610. The van der Waals surface area contributed by atoms with Crippen molar-refractivity contribution < 1.29 is 9.59 Å². The number of rotatable bonds is 3. The molecule has 1 N–H and O–H groups in total. The predicted molar refractivity (Wildman–Crippen MR) is 94.1 cm³/mol. The standard InChI is InChI=1S/C19H26N4O2/c24-18(15-6-2-9-20-12-15)22-11-8-16(13-22)21-19(25)23-10-3-7-17(23)14-4-1-5-14/h2,6,9,12,14,16-17H,1,3-5,7-8,10-11,13H2,(H,21,25)/t16-,17-/m0/s1. The normalized spacial score (nSPS) is 26.6. The average Bonchev–Trinajstić information content (AvgIpc) is 3.23. The van der Waals surface area contributed by atoms with E-state index in [0.29, 0.717) is 30.6 Å². The molecule has 134 valence electrons. The molecule has 4 rings (SSSR count). The first kappa shape index (κ1) is 16.4. The van der Waals surface area contributed by atoms with Gasteiger partial charge in [0.2, 0.25) is 0 Å². The minimum absolute atomic E-state index is 0.00151. The van der Waals surface area contributed by atoms with Crippen LogP contribution in [0.5, 0.6) is 0 Å². The van der Waals surface area contributed by atoms with E-state index in [-0.39, 0.29) is 18.0 Å². The van der Waals surface area contributed by atoms with Crippen LogP contribution < -0.4 is 5.32 Å². The number of urea groups is 1. The topological polar surface area (TPSA) is 65.5 Å². The van der Waals surface area contributed by atoms with E-state index >= 15 is 0 Å². The molecule has 0 aromatic carbocycles. The highest BCUT2D eigenvalue weighted by molar-refractivity contribution is 5.94. The highest BCUT2D eigenvalue weighted by atomic mass is 16.2. The number of nitrogens with zero attached hydrogens (tertiary/aromatic N) is 3. The summed E-state index contributed by atoms with van der Waals surface area (Å²) in [6, 6.07) is 4.11. The Labute approximate surface area is 148 Å². The van der Waals surface area contributed by atoms with Crippen molar-refractivity contribution in [3.05, 3.63) is 30.1 Å². The third kappa shape index (κ3) is 3.34. The van der Waals surface area contributed by atoms with Crippen molar-refractivity contribution in [2.75, 3.05) is 19.6 Å². The van der Waals surface area contributed by atoms with Crippen molar-refractivity contribution in [3.63, 3.8) is 0 Å². The zero-order chi connectivity index (χ0) is 17.2. The van der Waals surface area contributed by atoms with Crippen LogP contribution in [0, 0.1) is 5.92 Å². The zero-order valence-electron chi connectivity index (χ0n) is 14.6. The Morgan fingerprint density at radius 1 is 1.12 bits per heavy atom. The van der Waals surface area contributed by atoms with E-state index in [2.05, 4.69) is 15.2 Å². The quantitative estimate of drug-likeness (QED) is 0.916. The molecule has 1 aromatic heterocycles. The fourth-order valence-corrected chi connectivity index (χ4v) is 4.35. The van der Waals surface area contributed by atoms with E-state index in [1.54, 1.807) is 24.5 Å². The van der Waals surface area contributed by atoms with Gasteiger partial charge in [-0.2, -0.15) is 0 Å². The maximum Gasteiger partial charge on any atom is 0.317 e. The van der Waals surface area contributed by atoms with Crippen LogP contribution in [0.25, 0.3) is 0 Å². The Morgan fingerprint density at radius 3 is 2.72 bits per heavy atom. The summed E-state index contributed by atoms with van der Waals surface area (Å²) in [7, 11) is 0. The van der Waals surface area contributed by atoms with E-state index < -0.39 is 0 Å². The van der Waals surface area contributed by atoms with Gasteiger partial charge in [-0.05, 0) is 50.2 Å². The summed E-state index contributed by atoms with van der Waals surface area (Å²) in [5.74, 6) is 0.707. The number of amides is 3. The SMILES string of the molecule is O=C(c1cccnc1)N1CC[C@H](NC(=O)N2CCC[C@H]2C2CCC2)C1. The summed E-state index contributed by atoms with van der Waals surface area (Å²) >= 11 is 0. The van der Waals surface area contributed by atoms with Gasteiger partial charge in [-0.1, -0.05) is 6.42 Å². The number of likely N-dealkylation sites (tertiary alicyclic amines) is 2. The molecule has 1 aromatic rings. The Bertz CT molecular complexity index is 632. The average molecular weight is 342 g/mol. The minimum atomic E-state index is -0.00151. The van der Waals surface area contributed by atoms with Crippen molar-refractivity contribution in [1.82, 2.24) is 20.1 Å². The highest BCUT2D eigenvalue weighted by Crippen LogP contribution is 2.37. The Kier molecular flexibility index (Phi) is 4.59. The summed E-state index contributed by atoms with van der Waals surface area (Å²) in [6.45, 7) is 2.14. The molecule has 3 amide bonds. The molecule has 1 saturated carbocycles. The van der Waals surface area contributed by atoms with Gasteiger partial charge >= 0.3 is 6.03 Å². The highest BCUT2D eigenvalue weighted by Gasteiger charge is 2.38. The summed E-state index contributed by atoms with van der Waals surface area (Å²) < 4.78 is 0. The van der Waals surface area contributed by atoms with E-state index in [9.17, 15) is 9.59 Å². The summed E-state index contributed by atoms with van der Waals surface area (Å²) in [4.78, 5) is 33.1. The maximum atomic E-state index is 12.7. The third-order valence-corrected chi connectivity index (χ3v) is 5.97. The fraction of sp³-hybridized carbons (Fsp3) is 0.632. The summed E-state index contributed by atoms with van der Waals surface area (Å²) in [6.07, 6.45) is 10.2. The molecule has 6 heteroatoms. The Hall–Kier alpha value is -2.11. The lowest BCUT2D eigenvalue weighted by molar-refractivity contribution is 0.0788. The second kappa shape index (κ2) is 7.02. The Balaban J connectivity index is 1.31. The Morgan fingerprint density at radius 2 is 2.00 bits per heavy atom. The number of carbonyl (C=O) groups is 2. The van der Waals surface area contributed by atoms with Crippen molar-refractivity contribution >= 4 is 11.9 Å². The summed E-state index contributed by atoms with van der Waals surface area (Å²) in [5, 5.41) is 3.17. The number of hydrogen-bond acceptors (Lipinski definition) is 3. The lowest BCUT2D eigenvalue weighted by Crippen LogP contribution is -2.50. The van der Waals surface area contributed by atoms with Crippen LogP contribution >= 0.6 is 0 Å². The molecule has 3 aliphatic rings. The smallest absolute Gasteiger partial charge is 0.317 e. The monoisotopic (exact) mass is 342 g/mol. The van der Waals surface area contributed by atoms with Crippen LogP contribution in [0.4, 0.5) is 4.79 Å². The number of hydrogen-bond donors (Lipinski definition) is 1. The molecule has 2 aliphatic heterocycles. The molecule has 0 unspecified atom stereocenters. The zero-order valence-corrected chi connectivity index (χ0v) is 14.6. The minimum Gasteiger partial charge on any atom is -0.336 e. The number of aromatic nitrogens is 1. The van der Waals surface area contributed by atoms with Crippen LogP contribution in [0.2, 0.25) is 0 Å². The molecular weight excluding hydrogens is 316 g/mol. The fourth-order valence-electron chi connectivity index (χ4n) is 4.35. The van der Waals surface area contributed by atoms with Crippen molar-refractivity contribution in [3.8, 4) is 0 Å². The van der Waals surface area contributed by atoms with E-state index in [1.165, 1.54) is 19.3 Å². The number of nitrogens with one attached hydrogen (secondary N) is 1. The second-order valence-corrected chi connectivity index (χ2v) is 7.52. The molecule has 2 saturated heterocycles.